The van der Waals surface area contributed by atoms with Crippen molar-refractivity contribution in [3.05, 3.63) is 23.8 Å². The highest BCUT2D eigenvalue weighted by molar-refractivity contribution is 5.88. The Kier molecular flexibility index (Phi) is 4.63. The van der Waals surface area contributed by atoms with Crippen LogP contribution in [0.5, 0.6) is 11.5 Å². The molecule has 1 aliphatic rings. The second-order valence-corrected chi connectivity index (χ2v) is 4.33. The fraction of sp³-hybridized carbons (Fsp3) is 0.500. The van der Waals surface area contributed by atoms with Crippen molar-refractivity contribution >= 4 is 5.97 Å². The summed E-state index contributed by atoms with van der Waals surface area (Å²) in [5.41, 5.74) is 0.197. The molecule has 0 bridgehead atoms. The summed E-state index contributed by atoms with van der Waals surface area (Å²) >= 11 is 0. The highest BCUT2D eigenvalue weighted by atomic mass is 16.5. The second kappa shape index (κ2) is 6.43. The monoisotopic (exact) mass is 266 g/mol. The maximum Gasteiger partial charge on any atom is 0.335 e. The van der Waals surface area contributed by atoms with Gasteiger partial charge in [-0.05, 0) is 25.1 Å². The molecule has 0 radical (unpaired) electrons. The van der Waals surface area contributed by atoms with Gasteiger partial charge in [0.2, 0.25) is 0 Å². The molecule has 0 spiro atoms. The first kappa shape index (κ1) is 13.7. The molecule has 1 aromatic rings. The predicted molar refractivity (Wildman–Crippen MR) is 69.0 cm³/mol. The van der Waals surface area contributed by atoms with Gasteiger partial charge in [-0.1, -0.05) is 0 Å². The number of carbonyl (C=O) groups is 1. The van der Waals surface area contributed by atoms with Crippen LogP contribution in [0.1, 0.15) is 30.1 Å². The lowest BCUT2D eigenvalue weighted by atomic mass is 10.1. The van der Waals surface area contributed by atoms with Crippen molar-refractivity contribution in [1.29, 1.82) is 0 Å². The molecule has 19 heavy (non-hydrogen) atoms. The van der Waals surface area contributed by atoms with E-state index in [1.54, 1.807) is 6.07 Å². The standard InChI is InChI=1S/C14H18O5/c1-2-18-13-9-10(14(15)16)3-4-12(13)19-11-5-7-17-8-6-11/h3-4,9,11H,2,5-8H2,1H3,(H,15,16). The Morgan fingerprint density at radius 2 is 2.11 bits per heavy atom. The number of hydrogen-bond acceptors (Lipinski definition) is 4. The molecule has 5 nitrogen and oxygen atoms in total. The van der Waals surface area contributed by atoms with Crippen LogP contribution in [0.4, 0.5) is 0 Å². The Morgan fingerprint density at radius 1 is 1.37 bits per heavy atom. The van der Waals surface area contributed by atoms with Gasteiger partial charge in [-0.2, -0.15) is 0 Å². The molecule has 0 saturated carbocycles. The van der Waals surface area contributed by atoms with Crippen molar-refractivity contribution < 1.29 is 24.1 Å². The van der Waals surface area contributed by atoms with Gasteiger partial charge in [-0.15, -0.1) is 0 Å². The molecule has 1 N–H and O–H groups in total. The third kappa shape index (κ3) is 3.61. The molecule has 0 unspecified atom stereocenters. The maximum atomic E-state index is 10.9. The number of benzene rings is 1. The Bertz CT molecular complexity index is 437. The van der Waals surface area contributed by atoms with Crippen LogP contribution in [0.15, 0.2) is 18.2 Å². The largest absolute Gasteiger partial charge is 0.490 e. The Balaban J connectivity index is 2.15. The number of rotatable bonds is 5. The van der Waals surface area contributed by atoms with E-state index in [0.717, 1.165) is 12.8 Å². The van der Waals surface area contributed by atoms with E-state index >= 15 is 0 Å². The molecular weight excluding hydrogens is 248 g/mol. The van der Waals surface area contributed by atoms with Crippen molar-refractivity contribution in [2.45, 2.75) is 25.9 Å². The summed E-state index contributed by atoms with van der Waals surface area (Å²) in [6.45, 7) is 3.71. The fourth-order valence-electron chi connectivity index (χ4n) is 1.98. The van der Waals surface area contributed by atoms with Crippen molar-refractivity contribution in [3.63, 3.8) is 0 Å². The molecule has 1 heterocycles. The topological polar surface area (TPSA) is 65.0 Å². The van der Waals surface area contributed by atoms with Gasteiger partial charge in [-0.3, -0.25) is 0 Å². The van der Waals surface area contributed by atoms with E-state index in [0.29, 0.717) is 31.3 Å². The van der Waals surface area contributed by atoms with Gasteiger partial charge < -0.3 is 19.3 Å². The minimum absolute atomic E-state index is 0.101. The van der Waals surface area contributed by atoms with Gasteiger partial charge in [0.1, 0.15) is 6.10 Å². The highest BCUT2D eigenvalue weighted by Crippen LogP contribution is 2.30. The summed E-state index contributed by atoms with van der Waals surface area (Å²) in [5, 5.41) is 8.98. The summed E-state index contributed by atoms with van der Waals surface area (Å²) in [4.78, 5) is 10.9. The van der Waals surface area contributed by atoms with Crippen molar-refractivity contribution in [1.82, 2.24) is 0 Å². The molecule has 0 aromatic heterocycles. The molecule has 0 aliphatic carbocycles. The number of carboxylic acids is 1. The predicted octanol–water partition coefficient (Wildman–Crippen LogP) is 2.34. The molecule has 5 heteroatoms. The highest BCUT2D eigenvalue weighted by Gasteiger charge is 2.18. The first-order chi connectivity index (χ1) is 9.20. The van der Waals surface area contributed by atoms with Gasteiger partial charge in [0.25, 0.3) is 0 Å². The van der Waals surface area contributed by atoms with Gasteiger partial charge in [0, 0.05) is 12.8 Å². The maximum absolute atomic E-state index is 10.9. The van der Waals surface area contributed by atoms with Gasteiger partial charge in [0.05, 0.1) is 25.4 Å². The lowest BCUT2D eigenvalue weighted by molar-refractivity contribution is 0.0243. The Labute approximate surface area is 112 Å². The Hall–Kier alpha value is -1.75. The van der Waals surface area contributed by atoms with Gasteiger partial charge >= 0.3 is 5.97 Å². The van der Waals surface area contributed by atoms with E-state index in [2.05, 4.69) is 0 Å². The summed E-state index contributed by atoms with van der Waals surface area (Å²) in [5.74, 6) is 0.103. The zero-order valence-electron chi connectivity index (χ0n) is 10.9. The molecule has 2 rings (SSSR count). The second-order valence-electron chi connectivity index (χ2n) is 4.33. The first-order valence-corrected chi connectivity index (χ1v) is 6.45. The fourth-order valence-corrected chi connectivity index (χ4v) is 1.98. The average molecular weight is 266 g/mol. The van der Waals surface area contributed by atoms with Crippen LogP contribution in [-0.2, 0) is 4.74 Å². The minimum Gasteiger partial charge on any atom is -0.490 e. The summed E-state index contributed by atoms with van der Waals surface area (Å²) < 4.78 is 16.6. The van der Waals surface area contributed by atoms with E-state index < -0.39 is 5.97 Å². The van der Waals surface area contributed by atoms with Crippen LogP contribution in [0, 0.1) is 0 Å². The van der Waals surface area contributed by atoms with Crippen molar-refractivity contribution in [2.75, 3.05) is 19.8 Å². The molecular formula is C14H18O5. The SMILES string of the molecule is CCOc1cc(C(=O)O)ccc1OC1CCOCC1. The third-order valence-corrected chi connectivity index (χ3v) is 2.95. The zero-order valence-corrected chi connectivity index (χ0v) is 10.9. The quantitative estimate of drug-likeness (QED) is 0.886. The summed E-state index contributed by atoms with van der Waals surface area (Å²) in [7, 11) is 0. The van der Waals surface area contributed by atoms with E-state index in [-0.39, 0.29) is 11.7 Å². The molecule has 1 aliphatic heterocycles. The molecule has 0 amide bonds. The third-order valence-electron chi connectivity index (χ3n) is 2.95. The van der Waals surface area contributed by atoms with Crippen LogP contribution in [0.25, 0.3) is 0 Å². The van der Waals surface area contributed by atoms with E-state index in [1.807, 2.05) is 6.92 Å². The molecule has 1 saturated heterocycles. The van der Waals surface area contributed by atoms with Crippen LogP contribution in [0.3, 0.4) is 0 Å². The van der Waals surface area contributed by atoms with Crippen molar-refractivity contribution in [2.24, 2.45) is 0 Å². The molecule has 1 fully saturated rings. The summed E-state index contributed by atoms with van der Waals surface area (Å²) in [6, 6.07) is 4.68. The molecule has 104 valence electrons. The Morgan fingerprint density at radius 3 is 2.74 bits per heavy atom. The number of hydrogen-bond donors (Lipinski definition) is 1. The van der Waals surface area contributed by atoms with Crippen molar-refractivity contribution in [3.8, 4) is 11.5 Å². The van der Waals surface area contributed by atoms with Crippen LogP contribution in [-0.4, -0.2) is 37.0 Å². The minimum atomic E-state index is -0.974. The molecule has 1 aromatic carbocycles. The number of carboxylic acid groups (broad SMARTS) is 1. The summed E-state index contributed by atoms with van der Waals surface area (Å²) in [6.07, 6.45) is 1.78. The lowest BCUT2D eigenvalue weighted by Crippen LogP contribution is -2.26. The van der Waals surface area contributed by atoms with Gasteiger partial charge in [0.15, 0.2) is 11.5 Å². The number of ether oxygens (including phenoxy) is 3. The normalized spacial score (nSPS) is 16.1. The average Bonchev–Trinajstić information content (AvgIpc) is 2.42. The van der Waals surface area contributed by atoms with Crippen LogP contribution in [0.2, 0.25) is 0 Å². The van der Waals surface area contributed by atoms with E-state index in [9.17, 15) is 4.79 Å². The molecule has 0 atom stereocenters. The smallest absolute Gasteiger partial charge is 0.335 e. The van der Waals surface area contributed by atoms with E-state index in [1.165, 1.54) is 12.1 Å². The lowest BCUT2D eigenvalue weighted by Gasteiger charge is -2.24. The van der Waals surface area contributed by atoms with E-state index in [4.69, 9.17) is 19.3 Å². The zero-order chi connectivity index (χ0) is 13.7. The van der Waals surface area contributed by atoms with Crippen LogP contribution < -0.4 is 9.47 Å². The van der Waals surface area contributed by atoms with Crippen LogP contribution >= 0.6 is 0 Å². The first-order valence-electron chi connectivity index (χ1n) is 6.45. The number of aromatic carboxylic acids is 1. The van der Waals surface area contributed by atoms with Gasteiger partial charge in [-0.25, -0.2) is 4.79 Å².